The first kappa shape index (κ1) is 43.8. The van der Waals surface area contributed by atoms with Gasteiger partial charge in [-0.05, 0) is 131 Å². The van der Waals surface area contributed by atoms with E-state index in [4.69, 9.17) is 14.2 Å². The topological polar surface area (TPSA) is 157 Å². The second kappa shape index (κ2) is 14.5. The molecule has 3 aromatic rings. The monoisotopic (exact) mass is 913 g/mol. The number of nitrogens with one attached hydrogen (secondary N) is 1. The van der Waals surface area contributed by atoms with Crippen LogP contribution >= 0.6 is 0 Å². The molecule has 5 saturated carbocycles. The first-order valence-corrected chi connectivity index (χ1v) is 25.1. The number of aromatic hydroxyl groups is 2. The number of phenols is 2. The smallest absolute Gasteiger partial charge is 0.271 e. The largest absolute Gasteiger partial charge is 0.504 e. The summed E-state index contributed by atoms with van der Waals surface area (Å²) in [5.41, 5.74) is 4.99. The summed E-state index contributed by atoms with van der Waals surface area (Å²) in [5.74, 6) is 2.05. The van der Waals surface area contributed by atoms with Crippen molar-refractivity contribution in [1.29, 1.82) is 0 Å². The summed E-state index contributed by atoms with van der Waals surface area (Å²) in [6.07, 6.45) is 11.4. The number of hydrazone groups is 1. The van der Waals surface area contributed by atoms with Gasteiger partial charge < -0.3 is 34.6 Å². The van der Waals surface area contributed by atoms with E-state index in [9.17, 15) is 25.2 Å². The number of phenolic OH excluding ortho intramolecular Hbond substituents is 2. The highest BCUT2D eigenvalue weighted by Crippen LogP contribution is 2.78. The van der Waals surface area contributed by atoms with Crippen LogP contribution in [0.4, 0.5) is 0 Å². The van der Waals surface area contributed by atoms with E-state index < -0.39 is 28.3 Å². The maximum absolute atomic E-state index is 12.6. The molecule has 12 heteroatoms. The van der Waals surface area contributed by atoms with Crippen LogP contribution in [-0.4, -0.2) is 116 Å². The molecule has 1 amide bonds. The minimum Gasteiger partial charge on any atom is -0.504 e. The molecule has 3 spiro atoms. The minimum absolute atomic E-state index is 0.0294. The van der Waals surface area contributed by atoms with Gasteiger partial charge in [-0.2, -0.15) is 5.10 Å². The van der Waals surface area contributed by atoms with Crippen LogP contribution in [0.2, 0.25) is 0 Å². The average molecular weight is 913 g/mol. The fourth-order valence-corrected chi connectivity index (χ4v) is 16.3. The van der Waals surface area contributed by atoms with Crippen LogP contribution in [0, 0.1) is 22.7 Å². The normalized spacial score (nSPS) is 38.4. The van der Waals surface area contributed by atoms with E-state index in [1.807, 2.05) is 50.4 Å². The van der Waals surface area contributed by atoms with Crippen molar-refractivity contribution in [3.05, 3.63) is 95.1 Å². The van der Waals surface area contributed by atoms with Crippen LogP contribution in [-0.2, 0) is 28.4 Å². The lowest BCUT2D eigenvalue weighted by Crippen LogP contribution is -2.83. The fraction of sp³-hybridized carbons (Fsp3) is 0.600. The maximum Gasteiger partial charge on any atom is 0.271 e. The summed E-state index contributed by atoms with van der Waals surface area (Å²) in [4.78, 5) is 17.7. The number of hydrogen-bond donors (Lipinski definition) is 5. The Morgan fingerprint density at radius 1 is 0.881 bits per heavy atom. The van der Waals surface area contributed by atoms with Gasteiger partial charge in [0, 0.05) is 72.3 Å². The number of ether oxygens (including phenoxy) is 3. The molecular weight excluding hydrogens is 845 g/mol. The van der Waals surface area contributed by atoms with E-state index in [-0.39, 0.29) is 51.7 Å². The minimum atomic E-state index is -1.02. The first-order valence-electron chi connectivity index (χ1n) is 25.1. The van der Waals surface area contributed by atoms with Gasteiger partial charge in [0.25, 0.3) is 5.91 Å². The number of carbonyl (C=O) groups excluding carboxylic acids is 1. The summed E-state index contributed by atoms with van der Waals surface area (Å²) in [6, 6.07) is 17.0. The van der Waals surface area contributed by atoms with Crippen molar-refractivity contribution in [2.24, 2.45) is 27.8 Å². The molecule has 2 saturated heterocycles. The third kappa shape index (κ3) is 5.53. The molecule has 4 aliphatic heterocycles. The number of piperidine rings is 2. The van der Waals surface area contributed by atoms with Gasteiger partial charge in [-0.1, -0.05) is 57.2 Å². The Morgan fingerprint density at radius 3 is 2.21 bits per heavy atom. The number of hydrogen-bond acceptors (Lipinski definition) is 11. The standard InChI is InChI=1S/C29H41NO4.C26H27N3O4/c1-25(2,3)26(4,32)20-15-27-10-11-29(20,33-5)24-28(27)12-13-30(16-17-6-7-17)21(27)14-18-8-9-19(31)23(34-24)22(18)28;1-2-13-29-14-12-25-21-17-8-9-19(30)22(21)33-23(25)18(10-11-26(25,32)20(29)15-17)27-28-24(31)16-6-4-3-5-7-16/h8-9,17,20-21,24,31-32H,6-7,10-16H2,1-5H3;2-9,20,23,30,32H,1,10-15H2,(H,28,31)/b;27-18+/t20-,21-,24-,26?,27-,28+,29?;20-,23+,25+,26-/m11/s1. The zero-order valence-electron chi connectivity index (χ0n) is 39.8. The van der Waals surface area contributed by atoms with Crippen molar-refractivity contribution in [1.82, 2.24) is 15.2 Å². The summed E-state index contributed by atoms with van der Waals surface area (Å²) >= 11 is 0. The second-order valence-electron chi connectivity index (χ2n) is 23.3. The highest BCUT2D eigenvalue weighted by Gasteiger charge is 2.82. The summed E-state index contributed by atoms with van der Waals surface area (Å²) in [6.45, 7) is 16.2. The molecule has 3 aromatic carbocycles. The average Bonchev–Trinajstić information content (AvgIpc) is 3.95. The van der Waals surface area contributed by atoms with Crippen molar-refractivity contribution in [3.8, 4) is 23.0 Å². The molecule has 0 radical (unpaired) electrons. The van der Waals surface area contributed by atoms with Gasteiger partial charge in [-0.15, -0.1) is 6.58 Å². The number of amides is 1. The van der Waals surface area contributed by atoms with Crippen molar-refractivity contribution in [2.45, 2.75) is 150 Å². The van der Waals surface area contributed by atoms with Crippen LogP contribution in [0.25, 0.3) is 0 Å². The number of aliphatic hydroxyl groups is 2. The van der Waals surface area contributed by atoms with Gasteiger partial charge in [0.15, 0.2) is 29.1 Å². The number of carbonyl (C=O) groups is 1. The molecule has 7 aliphatic carbocycles. The van der Waals surface area contributed by atoms with Crippen molar-refractivity contribution >= 4 is 11.6 Å². The molecule has 67 heavy (non-hydrogen) atoms. The SMILES string of the molecule is C=CCN1CC[C@]23c4c5ccc(O)c4O[C@H]2/C(=N/NC(=O)c2ccccc2)CC[C@@]3(O)[C@H]1C5.COC12CC[C@@]3(C[C@@H]1C(C)(O)C(C)(C)C)[C@H]1Cc4ccc(O)c5c4[C@@]3(CCN1CC1CC1)[C@H]2O5. The van der Waals surface area contributed by atoms with Gasteiger partial charge in [0.1, 0.15) is 11.7 Å². The molecule has 5 N–H and O–H groups in total. The van der Waals surface area contributed by atoms with E-state index in [1.165, 1.54) is 30.5 Å². The van der Waals surface area contributed by atoms with Crippen LogP contribution in [0.15, 0.2) is 72.4 Å². The third-order valence-electron chi connectivity index (χ3n) is 19.9. The van der Waals surface area contributed by atoms with Gasteiger partial charge in [0.05, 0.1) is 22.3 Å². The third-order valence-corrected chi connectivity index (χ3v) is 19.9. The lowest BCUT2D eigenvalue weighted by molar-refractivity contribution is -0.312. The molecule has 11 aliphatic rings. The Labute approximate surface area is 394 Å². The molecule has 356 valence electrons. The van der Waals surface area contributed by atoms with Gasteiger partial charge in [0.2, 0.25) is 0 Å². The van der Waals surface area contributed by atoms with Crippen LogP contribution < -0.4 is 14.9 Å². The highest BCUT2D eigenvalue weighted by atomic mass is 16.6. The molecule has 0 aromatic heterocycles. The number of nitrogens with zero attached hydrogens (tertiary/aromatic N) is 3. The summed E-state index contributed by atoms with van der Waals surface area (Å²) in [7, 11) is 1.83. The number of rotatable bonds is 8. The number of likely N-dealkylation sites (tertiary alicyclic amines) is 2. The second-order valence-corrected chi connectivity index (χ2v) is 23.3. The lowest BCUT2D eigenvalue weighted by Gasteiger charge is -2.75. The van der Waals surface area contributed by atoms with Crippen molar-refractivity contribution < 1.29 is 39.4 Å². The summed E-state index contributed by atoms with van der Waals surface area (Å²) in [5, 5.41) is 50.6. The molecular formula is C55H68N4O8. The Kier molecular flexibility index (Phi) is 9.51. The van der Waals surface area contributed by atoms with Crippen LogP contribution in [0.3, 0.4) is 0 Å². The molecule has 14 rings (SSSR count). The molecule has 7 fully saturated rings. The number of methoxy groups -OCH3 is 1. The molecule has 2 unspecified atom stereocenters. The van der Waals surface area contributed by atoms with Gasteiger partial charge in [-0.25, -0.2) is 5.43 Å². The van der Waals surface area contributed by atoms with Crippen LogP contribution in [0.5, 0.6) is 23.0 Å². The van der Waals surface area contributed by atoms with Crippen molar-refractivity contribution in [2.75, 3.05) is 33.3 Å². The molecule has 11 atom stereocenters. The van der Waals surface area contributed by atoms with E-state index in [2.05, 4.69) is 53.7 Å². The Balaban J connectivity index is 0.000000140. The van der Waals surface area contributed by atoms with Gasteiger partial charge in [-0.3, -0.25) is 14.6 Å². The molecule has 12 nitrogen and oxygen atoms in total. The fourth-order valence-electron chi connectivity index (χ4n) is 16.3. The zero-order chi connectivity index (χ0) is 46.7. The van der Waals surface area contributed by atoms with Gasteiger partial charge >= 0.3 is 0 Å². The van der Waals surface area contributed by atoms with E-state index in [1.54, 1.807) is 18.2 Å². The van der Waals surface area contributed by atoms with Crippen LogP contribution in [0.1, 0.15) is 118 Å². The lowest BCUT2D eigenvalue weighted by atomic mass is 9.33. The number of fused-ring (bicyclic) bond motifs is 2. The first-order chi connectivity index (χ1) is 32.0. The Bertz CT molecular complexity index is 2590. The number of benzene rings is 3. The predicted molar refractivity (Wildman–Crippen MR) is 254 cm³/mol. The van der Waals surface area contributed by atoms with E-state index >= 15 is 0 Å². The quantitative estimate of drug-likeness (QED) is 0.119. The highest BCUT2D eigenvalue weighted by molar-refractivity contribution is 5.98. The summed E-state index contributed by atoms with van der Waals surface area (Å²) < 4.78 is 19.8. The zero-order valence-corrected chi connectivity index (χ0v) is 39.8. The Morgan fingerprint density at radius 2 is 1.54 bits per heavy atom. The predicted octanol–water partition coefficient (Wildman–Crippen LogP) is 6.93. The molecule has 6 bridgehead atoms. The van der Waals surface area contributed by atoms with Crippen molar-refractivity contribution in [3.63, 3.8) is 0 Å². The Hall–Kier alpha value is -4.46. The maximum atomic E-state index is 12.6. The van der Waals surface area contributed by atoms with E-state index in [0.717, 1.165) is 62.2 Å². The van der Waals surface area contributed by atoms with E-state index in [0.29, 0.717) is 61.0 Å². The molecule has 4 heterocycles.